The van der Waals surface area contributed by atoms with Crippen molar-refractivity contribution in [3.05, 3.63) is 127 Å². The summed E-state index contributed by atoms with van der Waals surface area (Å²) in [6, 6.07) is 43.1. The fourth-order valence-electron chi connectivity index (χ4n) is 3.63. The van der Waals surface area contributed by atoms with Gasteiger partial charge < -0.3 is 12.4 Å². The van der Waals surface area contributed by atoms with E-state index in [1.165, 1.54) is 22.6 Å². The van der Waals surface area contributed by atoms with E-state index in [2.05, 4.69) is 121 Å². The quantitative estimate of drug-likeness (QED) is 0.467. The Kier molecular flexibility index (Phi) is 6.08. The van der Waals surface area contributed by atoms with Crippen LogP contribution in [0.25, 0.3) is 0 Å². The zero-order valence-electron chi connectivity index (χ0n) is 15.1. The average molecular weight is 372 g/mol. The molecule has 0 aliphatic rings. The highest BCUT2D eigenvalue weighted by molar-refractivity contribution is 5.70. The molecule has 0 aromatic heterocycles. The third-order valence-electron chi connectivity index (χ3n) is 4.85. The van der Waals surface area contributed by atoms with Gasteiger partial charge in [-0.05, 0) is 36.4 Å². The molecule has 0 aliphatic heterocycles. The smallest absolute Gasteiger partial charge is 0.143 e. The first kappa shape index (κ1) is 18.9. The van der Waals surface area contributed by atoms with E-state index in [1.54, 1.807) is 0 Å². The fourth-order valence-corrected chi connectivity index (χ4v) is 3.63. The molecule has 0 atom stereocenters. The lowest BCUT2D eigenvalue weighted by Gasteiger charge is -2.37. The molecule has 0 spiro atoms. The highest BCUT2D eigenvalue weighted by Gasteiger charge is 2.36. The van der Waals surface area contributed by atoms with Crippen LogP contribution in [0.5, 0.6) is 0 Å². The van der Waals surface area contributed by atoms with Gasteiger partial charge in [0, 0.05) is 5.56 Å². The molecule has 4 aromatic rings. The van der Waals surface area contributed by atoms with Crippen molar-refractivity contribution >= 4 is 17.1 Å². The summed E-state index contributed by atoms with van der Waals surface area (Å²) in [6.45, 7) is 0.860. The van der Waals surface area contributed by atoms with E-state index in [4.69, 9.17) is 0 Å². The van der Waals surface area contributed by atoms with Crippen LogP contribution in [-0.4, -0.2) is 0 Å². The van der Waals surface area contributed by atoms with Gasteiger partial charge in [0.05, 0.1) is 0 Å². The fraction of sp³-hybridized carbons (Fsp3) is 0.0400. The molecule has 0 aliphatic carbocycles. The minimum absolute atomic E-state index is 0. The van der Waals surface area contributed by atoms with Gasteiger partial charge in [-0.25, -0.2) is 4.48 Å². The van der Waals surface area contributed by atoms with Crippen LogP contribution in [0.4, 0.5) is 17.1 Å². The number of para-hydroxylation sites is 3. The topological polar surface area (TPSA) is 0 Å². The molecule has 0 bridgehead atoms. The lowest BCUT2D eigenvalue weighted by molar-refractivity contribution is -0.00000505. The molecule has 134 valence electrons. The van der Waals surface area contributed by atoms with E-state index in [1.807, 2.05) is 0 Å². The maximum absolute atomic E-state index is 2.23. The molecule has 1 nitrogen and oxygen atoms in total. The molecule has 4 aromatic carbocycles. The number of hydrogen-bond acceptors (Lipinski definition) is 0. The summed E-state index contributed by atoms with van der Waals surface area (Å²) < 4.78 is 0.659. The number of halogens is 1. The van der Waals surface area contributed by atoms with Gasteiger partial charge in [-0.3, -0.25) is 0 Å². The molecule has 0 N–H and O–H groups in total. The Bertz CT molecular complexity index is 842. The normalized spacial score (nSPS) is 10.8. The summed E-state index contributed by atoms with van der Waals surface area (Å²) in [5, 5.41) is 0. The zero-order chi connectivity index (χ0) is 17.7. The van der Waals surface area contributed by atoms with Crippen molar-refractivity contribution in [1.29, 1.82) is 0 Å². The first-order valence-electron chi connectivity index (χ1n) is 8.98. The maximum atomic E-state index is 2.23. The molecule has 0 radical (unpaired) electrons. The van der Waals surface area contributed by atoms with Crippen molar-refractivity contribution < 1.29 is 12.4 Å². The van der Waals surface area contributed by atoms with Crippen LogP contribution < -0.4 is 16.9 Å². The number of hydrogen-bond donors (Lipinski definition) is 0. The van der Waals surface area contributed by atoms with Crippen molar-refractivity contribution in [3.63, 3.8) is 0 Å². The highest BCUT2D eigenvalue weighted by Crippen LogP contribution is 2.45. The largest absolute Gasteiger partial charge is 1.00 e. The number of nitrogens with zero attached hydrogens (tertiary/aromatic N) is 1. The molecule has 0 saturated carbocycles. The maximum Gasteiger partial charge on any atom is 0.143 e. The average Bonchev–Trinajstić information content (AvgIpc) is 2.75. The number of rotatable bonds is 5. The number of quaternary nitrogens is 1. The van der Waals surface area contributed by atoms with Crippen molar-refractivity contribution in [2.75, 3.05) is 0 Å². The minimum Gasteiger partial charge on any atom is -1.00 e. The SMILES string of the molecule is [Cl-].c1ccc(C[N+](c2ccccc2)(c2ccccc2)c2ccccc2)cc1. The molecular formula is C25H22ClN. The van der Waals surface area contributed by atoms with Crippen LogP contribution in [0.1, 0.15) is 5.56 Å². The Morgan fingerprint density at radius 2 is 0.704 bits per heavy atom. The van der Waals surface area contributed by atoms with Crippen LogP contribution in [0.2, 0.25) is 0 Å². The Hall–Kier alpha value is -2.87. The standard InChI is InChI=1S/C25H22N.ClH/c1-5-13-22(14-6-1)21-26(23-15-7-2-8-16-23,24-17-9-3-10-18-24)25-19-11-4-12-20-25;/h1-20H,21H2;1H/q+1;/p-1. The van der Waals surface area contributed by atoms with E-state index < -0.39 is 0 Å². The van der Waals surface area contributed by atoms with Crippen LogP contribution >= 0.6 is 0 Å². The van der Waals surface area contributed by atoms with Gasteiger partial charge in [0.15, 0.2) is 0 Å². The van der Waals surface area contributed by atoms with E-state index in [-0.39, 0.29) is 12.4 Å². The summed E-state index contributed by atoms with van der Waals surface area (Å²) in [4.78, 5) is 0. The Balaban J connectivity index is 0.00000210. The first-order chi connectivity index (χ1) is 12.9. The monoisotopic (exact) mass is 371 g/mol. The van der Waals surface area contributed by atoms with Gasteiger partial charge in [-0.1, -0.05) is 84.9 Å². The predicted octanol–water partition coefficient (Wildman–Crippen LogP) is 3.86. The van der Waals surface area contributed by atoms with Crippen molar-refractivity contribution in [2.45, 2.75) is 6.54 Å². The lowest BCUT2D eigenvalue weighted by atomic mass is 10.1. The van der Waals surface area contributed by atoms with Crippen molar-refractivity contribution in [1.82, 2.24) is 4.48 Å². The highest BCUT2D eigenvalue weighted by atomic mass is 35.5. The molecule has 2 heteroatoms. The molecule has 0 saturated heterocycles. The van der Waals surface area contributed by atoms with Gasteiger partial charge in [0.25, 0.3) is 0 Å². The van der Waals surface area contributed by atoms with Crippen LogP contribution in [-0.2, 0) is 6.54 Å². The van der Waals surface area contributed by atoms with Crippen molar-refractivity contribution in [3.8, 4) is 0 Å². The molecule has 0 fully saturated rings. The van der Waals surface area contributed by atoms with E-state index in [0.29, 0.717) is 4.48 Å². The second kappa shape index (κ2) is 8.68. The lowest BCUT2D eigenvalue weighted by Crippen LogP contribution is -3.00. The van der Waals surface area contributed by atoms with Crippen molar-refractivity contribution in [2.24, 2.45) is 0 Å². The van der Waals surface area contributed by atoms with Crippen LogP contribution in [0, 0.1) is 0 Å². The molecule has 0 amide bonds. The number of benzene rings is 4. The Morgan fingerprint density at radius 1 is 0.407 bits per heavy atom. The molecular weight excluding hydrogens is 350 g/mol. The predicted molar refractivity (Wildman–Crippen MR) is 111 cm³/mol. The molecule has 0 heterocycles. The molecule has 4 rings (SSSR count). The van der Waals surface area contributed by atoms with Crippen LogP contribution in [0.15, 0.2) is 121 Å². The van der Waals surface area contributed by atoms with Gasteiger partial charge in [0.1, 0.15) is 23.6 Å². The minimum atomic E-state index is 0. The Labute approximate surface area is 167 Å². The molecule has 0 unspecified atom stereocenters. The summed E-state index contributed by atoms with van der Waals surface area (Å²) in [7, 11) is 0. The summed E-state index contributed by atoms with van der Waals surface area (Å²) in [5.41, 5.74) is 5.08. The summed E-state index contributed by atoms with van der Waals surface area (Å²) >= 11 is 0. The van der Waals surface area contributed by atoms with Gasteiger partial charge in [-0.2, -0.15) is 0 Å². The van der Waals surface area contributed by atoms with Crippen LogP contribution in [0.3, 0.4) is 0 Å². The second-order valence-corrected chi connectivity index (χ2v) is 6.46. The molecule has 27 heavy (non-hydrogen) atoms. The zero-order valence-corrected chi connectivity index (χ0v) is 15.8. The third kappa shape index (κ3) is 3.80. The van der Waals surface area contributed by atoms with Gasteiger partial charge in [-0.15, -0.1) is 0 Å². The van der Waals surface area contributed by atoms with E-state index >= 15 is 0 Å². The summed E-state index contributed by atoms with van der Waals surface area (Å²) in [6.07, 6.45) is 0. The summed E-state index contributed by atoms with van der Waals surface area (Å²) in [5.74, 6) is 0. The third-order valence-corrected chi connectivity index (χ3v) is 4.85. The van der Waals surface area contributed by atoms with E-state index in [9.17, 15) is 0 Å². The van der Waals surface area contributed by atoms with Gasteiger partial charge in [0.2, 0.25) is 0 Å². The second-order valence-electron chi connectivity index (χ2n) is 6.46. The van der Waals surface area contributed by atoms with Gasteiger partial charge >= 0.3 is 0 Å². The Morgan fingerprint density at radius 3 is 1.04 bits per heavy atom. The first-order valence-corrected chi connectivity index (χ1v) is 8.98. The van der Waals surface area contributed by atoms with E-state index in [0.717, 1.165) is 6.54 Å².